The summed E-state index contributed by atoms with van der Waals surface area (Å²) in [6, 6.07) is 10.6. The summed E-state index contributed by atoms with van der Waals surface area (Å²) >= 11 is 0. The average Bonchev–Trinajstić information content (AvgIpc) is 2.39. The van der Waals surface area contributed by atoms with Gasteiger partial charge in [-0.1, -0.05) is 18.2 Å². The Morgan fingerprint density at radius 3 is 2.76 bits per heavy atom. The van der Waals surface area contributed by atoms with Crippen LogP contribution in [0, 0.1) is 6.92 Å². The minimum Gasteiger partial charge on any atom is -0.360 e. The number of nitrogens with zero attached hydrogens (tertiary/aromatic N) is 2. The normalized spacial score (nSPS) is 16.4. The van der Waals surface area contributed by atoms with E-state index in [2.05, 4.69) is 52.5 Å². The van der Waals surface area contributed by atoms with E-state index in [0.717, 1.165) is 24.3 Å². The summed E-state index contributed by atoms with van der Waals surface area (Å²) in [6.45, 7) is 6.72. The van der Waals surface area contributed by atoms with Crippen molar-refractivity contribution in [3.8, 4) is 0 Å². The highest BCUT2D eigenvalue weighted by Crippen LogP contribution is 2.26. The number of aromatic nitrogens is 1. The summed E-state index contributed by atoms with van der Waals surface area (Å²) in [5.41, 5.74) is 3.56. The average molecular weight is 228 g/mol. The predicted molar refractivity (Wildman–Crippen MR) is 70.4 cm³/mol. The molecule has 2 aromatic rings. The van der Waals surface area contributed by atoms with Crippen molar-refractivity contribution in [1.29, 1.82) is 0 Å². The minimum atomic E-state index is 1.10. The smallest absolute Gasteiger partial charge is 0.0934 e. The summed E-state index contributed by atoms with van der Waals surface area (Å²) in [7, 11) is 0. The van der Waals surface area contributed by atoms with Gasteiger partial charge in [-0.2, -0.15) is 0 Å². The fraction of sp³-hybridized carbons (Fsp3) is 0.357. The molecule has 2 N–H and O–H groups in total. The van der Waals surface area contributed by atoms with Gasteiger partial charge in [-0.25, -0.2) is 0 Å². The Balaban J connectivity index is 2.13. The number of hydrogen-bond donors (Lipinski definition) is 1. The standard InChI is InChI=1S/C14H17N3/c1-11-10-14(17-8-6-15-7-9-17)12-4-2-3-5-13(12)16-11/h2-5,10,15H,6-9H2,1H3/p+1. The van der Waals surface area contributed by atoms with Crippen LogP contribution in [0.15, 0.2) is 30.3 Å². The van der Waals surface area contributed by atoms with Gasteiger partial charge in [0.05, 0.1) is 31.7 Å². The van der Waals surface area contributed by atoms with E-state index >= 15 is 0 Å². The molecule has 0 saturated carbocycles. The van der Waals surface area contributed by atoms with Crippen LogP contribution in [0.25, 0.3) is 10.9 Å². The molecule has 3 rings (SSSR count). The maximum Gasteiger partial charge on any atom is 0.0934 e. The molecular formula is C14H18N3+. The van der Waals surface area contributed by atoms with Gasteiger partial charge in [-0.15, -0.1) is 0 Å². The minimum absolute atomic E-state index is 1.10. The number of rotatable bonds is 1. The Morgan fingerprint density at radius 2 is 1.94 bits per heavy atom. The predicted octanol–water partition coefficient (Wildman–Crippen LogP) is 0.927. The van der Waals surface area contributed by atoms with Gasteiger partial charge in [0.2, 0.25) is 0 Å². The molecule has 0 unspecified atom stereocenters. The Hall–Kier alpha value is -1.61. The number of para-hydroxylation sites is 1. The lowest BCUT2D eigenvalue weighted by Gasteiger charge is -2.28. The second kappa shape index (κ2) is 4.34. The number of benzene rings is 1. The van der Waals surface area contributed by atoms with E-state index in [1.807, 2.05) is 0 Å². The van der Waals surface area contributed by atoms with E-state index in [-0.39, 0.29) is 0 Å². The van der Waals surface area contributed by atoms with Crippen LogP contribution in [0.4, 0.5) is 5.69 Å². The molecule has 1 aliphatic rings. The highest BCUT2D eigenvalue weighted by Gasteiger charge is 2.15. The van der Waals surface area contributed by atoms with Crippen LogP contribution >= 0.6 is 0 Å². The highest BCUT2D eigenvalue weighted by molar-refractivity contribution is 5.91. The van der Waals surface area contributed by atoms with Crippen molar-refractivity contribution < 1.29 is 5.32 Å². The second-order valence-electron chi connectivity index (χ2n) is 4.65. The van der Waals surface area contributed by atoms with Crippen LogP contribution in [0.5, 0.6) is 0 Å². The third-order valence-corrected chi connectivity index (χ3v) is 3.37. The van der Waals surface area contributed by atoms with Crippen LogP contribution in [0.1, 0.15) is 5.69 Å². The van der Waals surface area contributed by atoms with E-state index in [1.54, 1.807) is 0 Å². The molecule has 0 spiro atoms. The molecule has 1 saturated heterocycles. The Morgan fingerprint density at radius 1 is 1.18 bits per heavy atom. The molecular weight excluding hydrogens is 210 g/mol. The highest BCUT2D eigenvalue weighted by atomic mass is 15.2. The molecule has 3 nitrogen and oxygen atoms in total. The van der Waals surface area contributed by atoms with Gasteiger partial charge in [0.1, 0.15) is 0 Å². The molecule has 0 atom stereocenters. The van der Waals surface area contributed by atoms with Gasteiger partial charge in [0, 0.05) is 16.8 Å². The summed E-state index contributed by atoms with van der Waals surface area (Å²) in [5.74, 6) is 0. The molecule has 0 aliphatic carbocycles. The summed E-state index contributed by atoms with van der Waals surface area (Å²) in [5, 5.41) is 3.66. The second-order valence-corrected chi connectivity index (χ2v) is 4.65. The van der Waals surface area contributed by atoms with Crippen molar-refractivity contribution in [3.63, 3.8) is 0 Å². The molecule has 0 bridgehead atoms. The molecule has 3 heteroatoms. The van der Waals surface area contributed by atoms with Crippen molar-refractivity contribution in [3.05, 3.63) is 36.0 Å². The van der Waals surface area contributed by atoms with Crippen molar-refractivity contribution in [2.75, 3.05) is 31.1 Å². The molecule has 0 radical (unpaired) electrons. The van der Waals surface area contributed by atoms with Gasteiger partial charge in [0.25, 0.3) is 0 Å². The van der Waals surface area contributed by atoms with Crippen LogP contribution in [0.3, 0.4) is 0 Å². The molecule has 1 aromatic carbocycles. The third-order valence-electron chi connectivity index (χ3n) is 3.37. The summed E-state index contributed by atoms with van der Waals surface area (Å²) in [6.07, 6.45) is 0. The third kappa shape index (κ3) is 1.98. The Labute approximate surface area is 101 Å². The zero-order valence-corrected chi connectivity index (χ0v) is 10.2. The number of quaternary nitrogens is 1. The van der Waals surface area contributed by atoms with E-state index in [0.29, 0.717) is 0 Å². The van der Waals surface area contributed by atoms with Gasteiger partial charge in [0.15, 0.2) is 0 Å². The number of fused-ring (bicyclic) bond motifs is 1. The maximum atomic E-state index is 4.60. The molecule has 1 fully saturated rings. The molecule has 1 aromatic heterocycles. The monoisotopic (exact) mass is 228 g/mol. The Bertz CT molecular complexity index is 530. The lowest BCUT2D eigenvalue weighted by Crippen LogP contribution is -2.89. The first-order chi connectivity index (χ1) is 8.34. The van der Waals surface area contributed by atoms with Crippen molar-refractivity contribution in [1.82, 2.24) is 4.98 Å². The number of hydrogen-bond acceptors (Lipinski definition) is 2. The topological polar surface area (TPSA) is 32.7 Å². The van der Waals surface area contributed by atoms with Gasteiger partial charge >= 0.3 is 0 Å². The molecule has 88 valence electrons. The maximum absolute atomic E-state index is 4.60. The van der Waals surface area contributed by atoms with Crippen LogP contribution in [-0.4, -0.2) is 31.2 Å². The molecule has 0 amide bonds. The summed E-state index contributed by atoms with van der Waals surface area (Å²) < 4.78 is 0. The van der Waals surface area contributed by atoms with Crippen LogP contribution < -0.4 is 10.2 Å². The van der Waals surface area contributed by atoms with Gasteiger partial charge in [-0.05, 0) is 19.1 Å². The fourth-order valence-corrected chi connectivity index (χ4v) is 2.54. The molecule has 17 heavy (non-hydrogen) atoms. The zero-order chi connectivity index (χ0) is 11.7. The first-order valence-electron chi connectivity index (χ1n) is 6.27. The number of nitrogens with two attached hydrogens (primary N) is 1. The van der Waals surface area contributed by atoms with Crippen LogP contribution in [0.2, 0.25) is 0 Å². The SMILES string of the molecule is Cc1cc(N2CC[NH2+]CC2)c2ccccc2n1. The van der Waals surface area contributed by atoms with Crippen LogP contribution in [-0.2, 0) is 0 Å². The number of pyridine rings is 1. The van der Waals surface area contributed by atoms with Crippen molar-refractivity contribution in [2.45, 2.75) is 6.92 Å². The number of anilines is 1. The molecule has 1 aliphatic heterocycles. The van der Waals surface area contributed by atoms with E-state index in [1.165, 1.54) is 24.2 Å². The van der Waals surface area contributed by atoms with E-state index < -0.39 is 0 Å². The number of piperazine rings is 1. The van der Waals surface area contributed by atoms with Gasteiger partial charge < -0.3 is 10.2 Å². The van der Waals surface area contributed by atoms with Crippen molar-refractivity contribution in [2.24, 2.45) is 0 Å². The van der Waals surface area contributed by atoms with E-state index in [9.17, 15) is 0 Å². The zero-order valence-electron chi connectivity index (χ0n) is 10.2. The lowest BCUT2D eigenvalue weighted by atomic mass is 10.1. The lowest BCUT2D eigenvalue weighted by molar-refractivity contribution is -0.655. The first-order valence-corrected chi connectivity index (χ1v) is 6.27. The quantitative estimate of drug-likeness (QED) is 0.787. The number of aryl methyl sites for hydroxylation is 1. The largest absolute Gasteiger partial charge is 0.360 e. The summed E-state index contributed by atoms with van der Waals surface area (Å²) in [4.78, 5) is 7.08. The first kappa shape index (κ1) is 10.5. The van der Waals surface area contributed by atoms with Crippen molar-refractivity contribution >= 4 is 16.6 Å². The molecule has 2 heterocycles. The van der Waals surface area contributed by atoms with E-state index in [4.69, 9.17) is 0 Å². The Kier molecular flexibility index (Phi) is 2.69. The fourth-order valence-electron chi connectivity index (χ4n) is 2.54. The van der Waals surface area contributed by atoms with Gasteiger partial charge in [-0.3, -0.25) is 4.98 Å².